The summed E-state index contributed by atoms with van der Waals surface area (Å²) in [5.74, 6) is 1.05. The van der Waals surface area contributed by atoms with Crippen LogP contribution in [0.15, 0.2) is 18.2 Å². The first-order chi connectivity index (χ1) is 9.17. The maximum absolute atomic E-state index is 12.2. The summed E-state index contributed by atoms with van der Waals surface area (Å²) in [4.78, 5) is 0. The molecule has 19 heavy (non-hydrogen) atoms. The van der Waals surface area contributed by atoms with Gasteiger partial charge in [0.1, 0.15) is 13.2 Å². The third-order valence-electron chi connectivity index (χ3n) is 3.21. The van der Waals surface area contributed by atoms with E-state index in [0.29, 0.717) is 43.5 Å². The van der Waals surface area contributed by atoms with Crippen LogP contribution >= 0.6 is 0 Å². The van der Waals surface area contributed by atoms with Gasteiger partial charge in [0.15, 0.2) is 11.5 Å². The highest BCUT2D eigenvalue weighted by atomic mass is 32.2. The first kappa shape index (κ1) is 12.6. The first-order valence-corrected chi connectivity index (χ1v) is 7.77. The summed E-state index contributed by atoms with van der Waals surface area (Å²) in [7, 11) is -3.50. The van der Waals surface area contributed by atoms with Gasteiger partial charge in [-0.05, 0) is 25.0 Å². The van der Waals surface area contributed by atoms with E-state index in [1.54, 1.807) is 18.2 Å². The van der Waals surface area contributed by atoms with E-state index in [1.807, 2.05) is 0 Å². The van der Waals surface area contributed by atoms with Crippen molar-refractivity contribution < 1.29 is 17.9 Å². The highest BCUT2D eigenvalue weighted by molar-refractivity contribution is 7.90. The Morgan fingerprint density at radius 3 is 2.63 bits per heavy atom. The van der Waals surface area contributed by atoms with Gasteiger partial charge in [-0.1, -0.05) is 6.07 Å². The average molecular weight is 284 g/mol. The summed E-state index contributed by atoms with van der Waals surface area (Å²) >= 11 is 0. The number of ether oxygens (including phenoxy) is 2. The minimum atomic E-state index is -3.50. The zero-order valence-electron chi connectivity index (χ0n) is 10.5. The standard InChI is InChI=1S/C12H16N2O4S/c15-19(16,14-6-1-2-7-14)13-10-4-3-5-11-12(10)18-9-8-17-11/h3-5,13H,1-2,6-9H2. The molecule has 2 heterocycles. The van der Waals surface area contributed by atoms with Crippen molar-refractivity contribution in [1.82, 2.24) is 4.31 Å². The zero-order valence-corrected chi connectivity index (χ0v) is 11.3. The van der Waals surface area contributed by atoms with Crippen LogP contribution in [0.4, 0.5) is 5.69 Å². The monoisotopic (exact) mass is 284 g/mol. The second-order valence-corrected chi connectivity index (χ2v) is 6.21. The van der Waals surface area contributed by atoms with Gasteiger partial charge < -0.3 is 9.47 Å². The van der Waals surface area contributed by atoms with Gasteiger partial charge in [0.05, 0.1) is 5.69 Å². The molecule has 1 N–H and O–H groups in total. The van der Waals surface area contributed by atoms with Crippen LogP contribution in [0.3, 0.4) is 0 Å². The molecule has 104 valence electrons. The number of para-hydroxylation sites is 1. The summed E-state index contributed by atoms with van der Waals surface area (Å²) in [6.07, 6.45) is 1.82. The summed E-state index contributed by atoms with van der Waals surface area (Å²) in [5.41, 5.74) is 0.434. The van der Waals surface area contributed by atoms with E-state index >= 15 is 0 Å². The number of hydrogen-bond donors (Lipinski definition) is 1. The van der Waals surface area contributed by atoms with Crippen molar-refractivity contribution >= 4 is 15.9 Å². The fraction of sp³-hybridized carbons (Fsp3) is 0.500. The van der Waals surface area contributed by atoms with Crippen molar-refractivity contribution in [2.24, 2.45) is 0 Å². The predicted molar refractivity (Wildman–Crippen MR) is 70.8 cm³/mol. The van der Waals surface area contributed by atoms with Crippen LogP contribution in [0, 0.1) is 0 Å². The first-order valence-electron chi connectivity index (χ1n) is 6.33. The summed E-state index contributed by atoms with van der Waals surface area (Å²) < 4.78 is 39.4. The molecule has 2 aliphatic heterocycles. The Bertz CT molecular complexity index is 567. The van der Waals surface area contributed by atoms with Gasteiger partial charge in [0.2, 0.25) is 0 Å². The number of nitrogens with zero attached hydrogens (tertiary/aromatic N) is 1. The van der Waals surface area contributed by atoms with Crippen molar-refractivity contribution in [3.05, 3.63) is 18.2 Å². The molecule has 1 saturated heterocycles. The molecule has 1 fully saturated rings. The van der Waals surface area contributed by atoms with Crippen LogP contribution in [0.5, 0.6) is 11.5 Å². The fourth-order valence-electron chi connectivity index (χ4n) is 2.29. The molecule has 2 aliphatic rings. The molecule has 0 amide bonds. The maximum Gasteiger partial charge on any atom is 0.301 e. The molecule has 0 atom stereocenters. The largest absolute Gasteiger partial charge is 0.486 e. The lowest BCUT2D eigenvalue weighted by molar-refractivity contribution is 0.172. The van der Waals surface area contributed by atoms with Crippen LogP contribution in [-0.2, 0) is 10.2 Å². The zero-order chi connectivity index (χ0) is 13.3. The molecule has 1 aromatic carbocycles. The minimum Gasteiger partial charge on any atom is -0.486 e. The van der Waals surface area contributed by atoms with Gasteiger partial charge in [-0.3, -0.25) is 4.72 Å². The lowest BCUT2D eigenvalue weighted by Crippen LogP contribution is -2.33. The number of benzene rings is 1. The molecule has 0 bridgehead atoms. The Balaban J connectivity index is 1.87. The number of fused-ring (bicyclic) bond motifs is 1. The summed E-state index contributed by atoms with van der Waals surface area (Å²) in [6, 6.07) is 5.19. The Morgan fingerprint density at radius 1 is 1.11 bits per heavy atom. The van der Waals surface area contributed by atoms with E-state index in [9.17, 15) is 8.42 Å². The van der Waals surface area contributed by atoms with Crippen LogP contribution in [-0.4, -0.2) is 39.0 Å². The highest BCUT2D eigenvalue weighted by Gasteiger charge is 2.27. The summed E-state index contributed by atoms with van der Waals surface area (Å²) in [6.45, 7) is 2.05. The Morgan fingerprint density at radius 2 is 1.84 bits per heavy atom. The third kappa shape index (κ3) is 2.48. The molecule has 0 spiro atoms. The van der Waals surface area contributed by atoms with Gasteiger partial charge in [-0.2, -0.15) is 12.7 Å². The molecule has 0 radical (unpaired) electrons. The van der Waals surface area contributed by atoms with E-state index in [0.717, 1.165) is 12.8 Å². The van der Waals surface area contributed by atoms with Crippen molar-refractivity contribution in [3.8, 4) is 11.5 Å². The molecule has 0 saturated carbocycles. The lowest BCUT2D eigenvalue weighted by atomic mass is 10.2. The van der Waals surface area contributed by atoms with Gasteiger partial charge in [0.25, 0.3) is 0 Å². The lowest BCUT2D eigenvalue weighted by Gasteiger charge is -2.23. The number of rotatable bonds is 3. The molecule has 6 nitrogen and oxygen atoms in total. The Hall–Kier alpha value is -1.47. The minimum absolute atomic E-state index is 0.426. The van der Waals surface area contributed by atoms with E-state index in [-0.39, 0.29) is 0 Å². The second kappa shape index (κ2) is 4.90. The molecule has 3 rings (SSSR count). The van der Waals surface area contributed by atoms with Crippen LogP contribution < -0.4 is 14.2 Å². The van der Waals surface area contributed by atoms with Gasteiger partial charge in [-0.25, -0.2) is 0 Å². The van der Waals surface area contributed by atoms with E-state index in [1.165, 1.54) is 4.31 Å². The molecular weight excluding hydrogens is 268 g/mol. The number of nitrogens with one attached hydrogen (secondary N) is 1. The molecule has 0 aromatic heterocycles. The fourth-order valence-corrected chi connectivity index (χ4v) is 3.59. The SMILES string of the molecule is O=S(=O)(Nc1cccc2c1OCCO2)N1CCCC1. The molecule has 0 unspecified atom stereocenters. The molecular formula is C12H16N2O4S. The average Bonchev–Trinajstić information content (AvgIpc) is 2.93. The van der Waals surface area contributed by atoms with Gasteiger partial charge in [-0.15, -0.1) is 0 Å². The smallest absolute Gasteiger partial charge is 0.301 e. The topological polar surface area (TPSA) is 67.9 Å². The van der Waals surface area contributed by atoms with E-state index in [2.05, 4.69) is 4.72 Å². The van der Waals surface area contributed by atoms with E-state index < -0.39 is 10.2 Å². The van der Waals surface area contributed by atoms with Gasteiger partial charge in [0, 0.05) is 13.1 Å². The number of anilines is 1. The van der Waals surface area contributed by atoms with Crippen molar-refractivity contribution in [2.75, 3.05) is 31.0 Å². The highest BCUT2D eigenvalue weighted by Crippen LogP contribution is 2.38. The Labute approximate surface area is 112 Å². The molecule has 7 heteroatoms. The van der Waals surface area contributed by atoms with Crippen molar-refractivity contribution in [1.29, 1.82) is 0 Å². The van der Waals surface area contributed by atoms with Crippen molar-refractivity contribution in [2.45, 2.75) is 12.8 Å². The van der Waals surface area contributed by atoms with Gasteiger partial charge >= 0.3 is 10.2 Å². The third-order valence-corrected chi connectivity index (χ3v) is 4.73. The van der Waals surface area contributed by atoms with Crippen LogP contribution in [0.2, 0.25) is 0 Å². The predicted octanol–water partition coefficient (Wildman–Crippen LogP) is 1.21. The number of hydrogen-bond acceptors (Lipinski definition) is 4. The summed E-state index contributed by atoms with van der Waals surface area (Å²) in [5, 5.41) is 0. The van der Waals surface area contributed by atoms with Crippen molar-refractivity contribution in [3.63, 3.8) is 0 Å². The Kier molecular flexibility index (Phi) is 3.24. The maximum atomic E-state index is 12.2. The van der Waals surface area contributed by atoms with Crippen LogP contribution in [0.25, 0.3) is 0 Å². The normalized spacial score (nSPS) is 19.4. The molecule has 0 aliphatic carbocycles. The van der Waals surface area contributed by atoms with Crippen LogP contribution in [0.1, 0.15) is 12.8 Å². The van der Waals surface area contributed by atoms with E-state index in [4.69, 9.17) is 9.47 Å². The quantitative estimate of drug-likeness (QED) is 0.906. The molecule has 1 aromatic rings. The second-order valence-electron chi connectivity index (χ2n) is 4.54.